The van der Waals surface area contributed by atoms with E-state index < -0.39 is 9.84 Å². The monoisotopic (exact) mass is 278 g/mol. The van der Waals surface area contributed by atoms with Gasteiger partial charge in [-0.1, -0.05) is 0 Å². The van der Waals surface area contributed by atoms with Crippen LogP contribution in [0.5, 0.6) is 0 Å². The van der Waals surface area contributed by atoms with Gasteiger partial charge in [0, 0.05) is 9.75 Å². The molecule has 0 saturated carbocycles. The van der Waals surface area contributed by atoms with Gasteiger partial charge in [0.05, 0.1) is 16.9 Å². The lowest BCUT2D eigenvalue weighted by molar-refractivity contribution is 0.568. The van der Waals surface area contributed by atoms with Gasteiger partial charge in [-0.3, -0.25) is 0 Å². The fourth-order valence-corrected chi connectivity index (χ4v) is 5.66. The highest BCUT2D eigenvalue weighted by Crippen LogP contribution is 2.39. The van der Waals surface area contributed by atoms with Crippen LogP contribution in [0.25, 0.3) is 0 Å². The predicted molar refractivity (Wildman–Crippen MR) is 69.1 cm³/mol. The number of alkyl halides is 1. The molecule has 5 heteroatoms. The largest absolute Gasteiger partial charge is 0.229 e. The molecule has 2 unspecified atom stereocenters. The number of hydrogen-bond donors (Lipinski definition) is 0. The van der Waals surface area contributed by atoms with Crippen LogP contribution in [0.15, 0.2) is 6.07 Å². The molecule has 2 nitrogen and oxygen atoms in total. The molecule has 1 aromatic heterocycles. The summed E-state index contributed by atoms with van der Waals surface area (Å²) in [6.45, 7) is 4.10. The maximum atomic E-state index is 11.4. The maximum Gasteiger partial charge on any atom is 0.150 e. The molecule has 1 fully saturated rings. The predicted octanol–water partition coefficient (Wildman–Crippen LogP) is 3.08. The molecule has 2 heterocycles. The molecule has 90 valence electrons. The first-order valence-corrected chi connectivity index (χ1v) is 8.38. The minimum atomic E-state index is -2.84. The lowest BCUT2D eigenvalue weighted by Gasteiger charge is -2.15. The van der Waals surface area contributed by atoms with Crippen LogP contribution in [0.4, 0.5) is 0 Å². The summed E-state index contributed by atoms with van der Waals surface area (Å²) in [6.07, 6.45) is 0.699. The quantitative estimate of drug-likeness (QED) is 0.779. The van der Waals surface area contributed by atoms with Crippen molar-refractivity contribution in [3.63, 3.8) is 0 Å². The number of hydrogen-bond acceptors (Lipinski definition) is 3. The molecule has 16 heavy (non-hydrogen) atoms. The van der Waals surface area contributed by atoms with Gasteiger partial charge in [0.2, 0.25) is 0 Å². The van der Waals surface area contributed by atoms with Crippen molar-refractivity contribution >= 4 is 32.8 Å². The van der Waals surface area contributed by atoms with Crippen molar-refractivity contribution in [3.05, 3.63) is 21.4 Å². The van der Waals surface area contributed by atoms with Gasteiger partial charge >= 0.3 is 0 Å². The third-order valence-electron chi connectivity index (χ3n) is 3.06. The maximum absolute atomic E-state index is 11.4. The van der Waals surface area contributed by atoms with Gasteiger partial charge in [-0.25, -0.2) is 8.42 Å². The van der Waals surface area contributed by atoms with Crippen LogP contribution >= 0.6 is 22.9 Å². The molecule has 0 radical (unpaired) electrons. The van der Waals surface area contributed by atoms with Crippen molar-refractivity contribution in [2.75, 3.05) is 11.5 Å². The average Bonchev–Trinajstić information content (AvgIpc) is 2.68. The molecule has 0 N–H and O–H groups in total. The lowest BCUT2D eigenvalue weighted by atomic mass is 9.98. The van der Waals surface area contributed by atoms with Gasteiger partial charge in [0.1, 0.15) is 0 Å². The highest BCUT2D eigenvalue weighted by molar-refractivity contribution is 7.91. The Bertz CT molecular complexity index is 490. The molecule has 2 rings (SSSR count). The topological polar surface area (TPSA) is 34.1 Å². The number of halogens is 1. The Labute approximate surface area is 106 Å². The summed E-state index contributed by atoms with van der Waals surface area (Å²) in [5, 5.41) is -0.151. The molecule has 1 aliphatic rings. The summed E-state index contributed by atoms with van der Waals surface area (Å²) in [7, 11) is -2.84. The zero-order valence-corrected chi connectivity index (χ0v) is 11.8. The van der Waals surface area contributed by atoms with Crippen LogP contribution in [0.3, 0.4) is 0 Å². The molecule has 0 spiro atoms. The van der Waals surface area contributed by atoms with E-state index in [1.165, 1.54) is 9.75 Å². The highest BCUT2D eigenvalue weighted by Gasteiger charge is 2.34. The van der Waals surface area contributed by atoms with E-state index in [0.29, 0.717) is 12.2 Å². The summed E-state index contributed by atoms with van der Waals surface area (Å²) < 4.78 is 22.8. The van der Waals surface area contributed by atoms with Gasteiger partial charge in [-0.2, -0.15) is 0 Å². The van der Waals surface area contributed by atoms with Gasteiger partial charge in [-0.15, -0.1) is 22.9 Å². The average molecular weight is 279 g/mol. The minimum Gasteiger partial charge on any atom is -0.229 e. The Morgan fingerprint density at radius 2 is 2.19 bits per heavy atom. The van der Waals surface area contributed by atoms with Crippen molar-refractivity contribution in [1.82, 2.24) is 0 Å². The Morgan fingerprint density at radius 1 is 1.50 bits per heavy atom. The summed E-state index contributed by atoms with van der Waals surface area (Å²) in [4.78, 5) is 2.45. The molecular weight excluding hydrogens is 264 g/mol. The third kappa shape index (κ3) is 2.44. The van der Waals surface area contributed by atoms with Crippen molar-refractivity contribution in [2.45, 2.75) is 25.6 Å². The molecule has 0 bridgehead atoms. The first kappa shape index (κ1) is 12.4. The Morgan fingerprint density at radius 3 is 2.62 bits per heavy atom. The van der Waals surface area contributed by atoms with Crippen LogP contribution in [0.1, 0.15) is 27.1 Å². The van der Waals surface area contributed by atoms with E-state index in [-0.39, 0.29) is 17.0 Å². The summed E-state index contributed by atoms with van der Waals surface area (Å²) >= 11 is 8.12. The molecule has 1 aliphatic heterocycles. The first-order chi connectivity index (χ1) is 7.39. The van der Waals surface area contributed by atoms with Gasteiger partial charge in [0.25, 0.3) is 0 Å². The molecule has 0 aromatic carbocycles. The van der Waals surface area contributed by atoms with Gasteiger partial charge in [-0.05, 0) is 37.8 Å². The second-order valence-electron chi connectivity index (χ2n) is 4.43. The van der Waals surface area contributed by atoms with Crippen molar-refractivity contribution in [1.29, 1.82) is 0 Å². The van der Waals surface area contributed by atoms with Crippen molar-refractivity contribution in [2.24, 2.45) is 5.92 Å². The number of aryl methyl sites for hydroxylation is 2. The van der Waals surface area contributed by atoms with Gasteiger partial charge in [0.15, 0.2) is 9.84 Å². The second-order valence-corrected chi connectivity index (χ2v) is 8.59. The summed E-state index contributed by atoms with van der Waals surface area (Å²) in [5.41, 5.74) is 1.12. The normalized spacial score (nSPS) is 25.8. The standard InChI is InChI=1S/C11H15ClO2S2/c1-7-5-10(8(2)15-7)11(12)9-3-4-16(13,14)6-9/h5,9,11H,3-4,6H2,1-2H3. The smallest absolute Gasteiger partial charge is 0.150 e. The molecule has 2 atom stereocenters. The Hall–Kier alpha value is -0.0600. The van der Waals surface area contributed by atoms with E-state index in [4.69, 9.17) is 11.6 Å². The number of rotatable bonds is 2. The SMILES string of the molecule is Cc1cc(C(Cl)C2CCS(=O)(=O)C2)c(C)s1. The molecule has 1 saturated heterocycles. The summed E-state index contributed by atoms with van der Waals surface area (Å²) in [6, 6.07) is 2.09. The zero-order valence-electron chi connectivity index (χ0n) is 9.36. The van der Waals surface area contributed by atoms with E-state index in [1.54, 1.807) is 11.3 Å². The van der Waals surface area contributed by atoms with Crippen LogP contribution in [0, 0.1) is 19.8 Å². The second kappa shape index (κ2) is 4.31. The minimum absolute atomic E-state index is 0.0827. The van der Waals surface area contributed by atoms with E-state index in [1.807, 2.05) is 6.92 Å². The molecule has 0 aliphatic carbocycles. The van der Waals surface area contributed by atoms with E-state index in [0.717, 1.165) is 5.56 Å². The number of sulfone groups is 1. The fourth-order valence-electron chi connectivity index (χ4n) is 2.23. The zero-order chi connectivity index (χ0) is 11.9. The van der Waals surface area contributed by atoms with Crippen LogP contribution in [-0.2, 0) is 9.84 Å². The number of thiophene rings is 1. The molecular formula is C11H15ClO2S2. The molecule has 0 amide bonds. The van der Waals surface area contributed by atoms with E-state index >= 15 is 0 Å². The fraction of sp³-hybridized carbons (Fsp3) is 0.636. The lowest BCUT2D eigenvalue weighted by Crippen LogP contribution is -2.10. The van der Waals surface area contributed by atoms with E-state index in [9.17, 15) is 8.42 Å². The van der Waals surface area contributed by atoms with Crippen molar-refractivity contribution in [3.8, 4) is 0 Å². The van der Waals surface area contributed by atoms with Crippen LogP contribution < -0.4 is 0 Å². The van der Waals surface area contributed by atoms with Crippen LogP contribution in [0.2, 0.25) is 0 Å². The first-order valence-electron chi connectivity index (χ1n) is 5.30. The van der Waals surface area contributed by atoms with Crippen molar-refractivity contribution < 1.29 is 8.42 Å². The van der Waals surface area contributed by atoms with Crippen LogP contribution in [-0.4, -0.2) is 19.9 Å². The summed E-state index contributed by atoms with van der Waals surface area (Å²) in [5.74, 6) is 0.623. The Kier molecular flexibility index (Phi) is 3.34. The highest BCUT2D eigenvalue weighted by atomic mass is 35.5. The third-order valence-corrected chi connectivity index (χ3v) is 6.42. The van der Waals surface area contributed by atoms with E-state index in [2.05, 4.69) is 13.0 Å². The Balaban J connectivity index is 2.20. The molecule has 1 aromatic rings. The van der Waals surface area contributed by atoms with Gasteiger partial charge < -0.3 is 0 Å².